The minimum Gasteiger partial charge on any atom is -0.392 e. The SMILES string of the molecule is CCC(C)(C(=O)Nc1ccc(F)cc1Br)C(N)=S. The highest BCUT2D eigenvalue weighted by molar-refractivity contribution is 9.10. The number of nitrogens with two attached hydrogens (primary N) is 1. The Balaban J connectivity index is 2.97. The van der Waals surface area contributed by atoms with Crippen LogP contribution in [-0.2, 0) is 4.79 Å². The zero-order valence-corrected chi connectivity index (χ0v) is 12.5. The molecule has 0 aromatic heterocycles. The van der Waals surface area contributed by atoms with Gasteiger partial charge in [-0.1, -0.05) is 19.1 Å². The molecular weight excluding hydrogens is 319 g/mol. The summed E-state index contributed by atoms with van der Waals surface area (Å²) >= 11 is 8.10. The van der Waals surface area contributed by atoms with E-state index < -0.39 is 5.41 Å². The molecule has 0 heterocycles. The molecule has 0 aliphatic carbocycles. The summed E-state index contributed by atoms with van der Waals surface area (Å²) in [5, 5.41) is 2.69. The van der Waals surface area contributed by atoms with Gasteiger partial charge in [-0.2, -0.15) is 0 Å². The van der Waals surface area contributed by atoms with Crippen LogP contribution in [0.15, 0.2) is 22.7 Å². The van der Waals surface area contributed by atoms with E-state index in [4.69, 9.17) is 18.0 Å². The van der Waals surface area contributed by atoms with Crippen LogP contribution in [0.3, 0.4) is 0 Å². The van der Waals surface area contributed by atoms with Crippen molar-refractivity contribution >= 4 is 44.7 Å². The first-order valence-corrected chi connectivity index (χ1v) is 6.57. The summed E-state index contributed by atoms with van der Waals surface area (Å²) in [6.07, 6.45) is 0.493. The topological polar surface area (TPSA) is 55.1 Å². The number of benzene rings is 1. The number of halogens is 2. The van der Waals surface area contributed by atoms with E-state index in [0.29, 0.717) is 16.6 Å². The Morgan fingerprint density at radius 3 is 2.67 bits per heavy atom. The number of thiocarbonyl (C=S) groups is 1. The predicted octanol–water partition coefficient (Wildman–Crippen LogP) is 3.23. The molecule has 0 fully saturated rings. The molecule has 1 unspecified atom stereocenters. The predicted molar refractivity (Wildman–Crippen MR) is 77.9 cm³/mol. The van der Waals surface area contributed by atoms with Crippen LogP contribution in [0.25, 0.3) is 0 Å². The van der Waals surface area contributed by atoms with Crippen molar-refractivity contribution in [3.05, 3.63) is 28.5 Å². The fourth-order valence-electron chi connectivity index (χ4n) is 1.30. The molecule has 3 N–H and O–H groups in total. The molecule has 0 aliphatic heterocycles. The van der Waals surface area contributed by atoms with Gasteiger partial charge in [0.1, 0.15) is 5.82 Å². The lowest BCUT2D eigenvalue weighted by Crippen LogP contribution is -2.43. The summed E-state index contributed by atoms with van der Waals surface area (Å²) in [7, 11) is 0. The van der Waals surface area contributed by atoms with E-state index >= 15 is 0 Å². The average Bonchev–Trinajstić information content (AvgIpc) is 2.31. The second kappa shape index (κ2) is 5.75. The minimum atomic E-state index is -0.914. The number of carbonyl (C=O) groups is 1. The van der Waals surface area contributed by atoms with Crippen LogP contribution in [0.2, 0.25) is 0 Å². The van der Waals surface area contributed by atoms with Gasteiger partial charge in [0.15, 0.2) is 0 Å². The first-order chi connectivity index (χ1) is 8.31. The lowest BCUT2D eigenvalue weighted by molar-refractivity contribution is -0.121. The zero-order chi connectivity index (χ0) is 13.9. The lowest BCUT2D eigenvalue weighted by atomic mass is 9.86. The number of anilines is 1. The summed E-state index contributed by atoms with van der Waals surface area (Å²) in [4.78, 5) is 12.3. The number of amides is 1. The molecule has 3 nitrogen and oxygen atoms in total. The maximum absolute atomic E-state index is 12.9. The van der Waals surface area contributed by atoms with Crippen LogP contribution in [0.4, 0.5) is 10.1 Å². The van der Waals surface area contributed by atoms with E-state index in [1.54, 1.807) is 6.92 Å². The van der Waals surface area contributed by atoms with Crippen molar-refractivity contribution in [2.24, 2.45) is 11.1 Å². The van der Waals surface area contributed by atoms with Crippen molar-refractivity contribution in [3.63, 3.8) is 0 Å². The molecule has 18 heavy (non-hydrogen) atoms. The van der Waals surface area contributed by atoms with E-state index in [1.807, 2.05) is 6.92 Å². The second-order valence-corrected chi connectivity index (χ2v) is 5.42. The quantitative estimate of drug-likeness (QED) is 0.832. The summed E-state index contributed by atoms with van der Waals surface area (Å²) in [6.45, 7) is 3.51. The molecule has 98 valence electrons. The van der Waals surface area contributed by atoms with Crippen molar-refractivity contribution in [2.75, 3.05) is 5.32 Å². The van der Waals surface area contributed by atoms with Crippen molar-refractivity contribution in [1.29, 1.82) is 0 Å². The zero-order valence-electron chi connectivity index (χ0n) is 10.1. The van der Waals surface area contributed by atoms with Gasteiger partial charge < -0.3 is 11.1 Å². The van der Waals surface area contributed by atoms with Crippen LogP contribution < -0.4 is 11.1 Å². The summed E-state index contributed by atoms with van der Waals surface area (Å²) in [6, 6.07) is 4.02. The molecular formula is C12H14BrFN2OS. The third-order valence-electron chi connectivity index (χ3n) is 2.93. The highest BCUT2D eigenvalue weighted by Crippen LogP contribution is 2.28. The Morgan fingerprint density at radius 2 is 2.22 bits per heavy atom. The molecule has 6 heteroatoms. The summed E-state index contributed by atoms with van der Waals surface area (Å²) in [5.41, 5.74) is 5.17. The van der Waals surface area contributed by atoms with Gasteiger partial charge in [-0.15, -0.1) is 0 Å². The Bertz CT molecular complexity index is 495. The van der Waals surface area contributed by atoms with Crippen molar-refractivity contribution < 1.29 is 9.18 Å². The van der Waals surface area contributed by atoms with Gasteiger partial charge in [-0.3, -0.25) is 4.79 Å². The number of hydrogen-bond donors (Lipinski definition) is 2. The van der Waals surface area contributed by atoms with Crippen LogP contribution >= 0.6 is 28.1 Å². The van der Waals surface area contributed by atoms with Gasteiger partial charge >= 0.3 is 0 Å². The van der Waals surface area contributed by atoms with Gasteiger partial charge in [0.2, 0.25) is 5.91 Å². The molecule has 0 aliphatic rings. The monoisotopic (exact) mass is 332 g/mol. The van der Waals surface area contributed by atoms with Crippen LogP contribution in [-0.4, -0.2) is 10.9 Å². The molecule has 0 spiro atoms. The normalized spacial score (nSPS) is 13.8. The Kier molecular flexibility index (Phi) is 4.81. The molecule has 0 bridgehead atoms. The second-order valence-electron chi connectivity index (χ2n) is 4.13. The first-order valence-electron chi connectivity index (χ1n) is 5.37. The number of hydrogen-bond acceptors (Lipinski definition) is 2. The van der Waals surface area contributed by atoms with Crippen molar-refractivity contribution in [2.45, 2.75) is 20.3 Å². The molecule has 0 saturated heterocycles. The third-order valence-corrected chi connectivity index (χ3v) is 4.04. The number of rotatable bonds is 4. The van der Waals surface area contributed by atoms with E-state index in [-0.39, 0.29) is 16.7 Å². The van der Waals surface area contributed by atoms with Gasteiger partial charge in [0, 0.05) is 4.47 Å². The minimum absolute atomic E-state index is 0.140. The van der Waals surface area contributed by atoms with Crippen LogP contribution in [0.1, 0.15) is 20.3 Å². The molecule has 1 amide bonds. The van der Waals surface area contributed by atoms with Gasteiger partial charge in [0.05, 0.1) is 16.1 Å². The van der Waals surface area contributed by atoms with Gasteiger partial charge in [0.25, 0.3) is 0 Å². The van der Waals surface area contributed by atoms with Crippen molar-refractivity contribution in [1.82, 2.24) is 0 Å². The molecule has 0 saturated carbocycles. The summed E-state index contributed by atoms with van der Waals surface area (Å²) in [5.74, 6) is -0.683. The molecule has 1 aromatic carbocycles. The van der Waals surface area contributed by atoms with E-state index in [1.165, 1.54) is 18.2 Å². The van der Waals surface area contributed by atoms with Crippen molar-refractivity contribution in [3.8, 4) is 0 Å². The number of carbonyl (C=O) groups excluding carboxylic acids is 1. The van der Waals surface area contributed by atoms with Gasteiger partial charge in [-0.05, 0) is 47.5 Å². The smallest absolute Gasteiger partial charge is 0.237 e. The summed E-state index contributed by atoms with van der Waals surface area (Å²) < 4.78 is 13.4. The number of nitrogens with one attached hydrogen (secondary N) is 1. The van der Waals surface area contributed by atoms with E-state index in [9.17, 15) is 9.18 Å². The van der Waals surface area contributed by atoms with E-state index in [2.05, 4.69) is 21.2 Å². The highest BCUT2D eigenvalue weighted by Gasteiger charge is 2.34. The molecule has 0 radical (unpaired) electrons. The maximum atomic E-state index is 12.9. The fourth-order valence-corrected chi connectivity index (χ4v) is 1.98. The Morgan fingerprint density at radius 1 is 1.61 bits per heavy atom. The molecule has 1 atom stereocenters. The standard InChI is InChI=1S/C12H14BrFN2OS/c1-3-12(2,10(15)18)11(17)16-9-5-4-7(14)6-8(9)13/h4-6H,3H2,1-2H3,(H2,15,18)(H,16,17). The maximum Gasteiger partial charge on any atom is 0.237 e. The largest absolute Gasteiger partial charge is 0.392 e. The Labute approximate surface area is 119 Å². The fraction of sp³-hybridized carbons (Fsp3) is 0.333. The average molecular weight is 333 g/mol. The molecule has 1 rings (SSSR count). The lowest BCUT2D eigenvalue weighted by Gasteiger charge is -2.25. The van der Waals surface area contributed by atoms with Crippen LogP contribution in [0.5, 0.6) is 0 Å². The van der Waals surface area contributed by atoms with Crippen LogP contribution in [0, 0.1) is 11.2 Å². The first kappa shape index (κ1) is 15.0. The third kappa shape index (κ3) is 3.05. The van der Waals surface area contributed by atoms with E-state index in [0.717, 1.165) is 0 Å². The highest BCUT2D eigenvalue weighted by atomic mass is 79.9. The molecule has 1 aromatic rings. The van der Waals surface area contributed by atoms with Gasteiger partial charge in [-0.25, -0.2) is 4.39 Å². The Hall–Kier alpha value is -1.01.